The van der Waals surface area contributed by atoms with Gasteiger partial charge in [0.25, 0.3) is 0 Å². The summed E-state index contributed by atoms with van der Waals surface area (Å²) in [7, 11) is 0. The summed E-state index contributed by atoms with van der Waals surface area (Å²) in [6.45, 7) is 8.25. The maximum absolute atomic E-state index is 11.7. The summed E-state index contributed by atoms with van der Waals surface area (Å²) in [5, 5.41) is 0. The highest BCUT2D eigenvalue weighted by molar-refractivity contribution is 5.70. The van der Waals surface area contributed by atoms with Gasteiger partial charge in [-0.25, -0.2) is 4.79 Å². The van der Waals surface area contributed by atoms with E-state index >= 15 is 0 Å². The Morgan fingerprint density at radius 3 is 2.53 bits per heavy atom. The molecule has 1 aliphatic heterocycles. The molecular formula is C12H21NO4. The fourth-order valence-electron chi connectivity index (χ4n) is 1.59. The lowest BCUT2D eigenvalue weighted by molar-refractivity contribution is -0.148. The number of ether oxygens (including phenoxy) is 2. The lowest BCUT2D eigenvalue weighted by atomic mass is 10.2. The standard InChI is InChI=1S/C12H21NO4/c1-5-10(14)16-9-6-7-13(8-9)11(15)17-12(2,3)4/h9H,5-8H2,1-4H3. The zero-order valence-corrected chi connectivity index (χ0v) is 11.0. The van der Waals surface area contributed by atoms with Crippen LogP contribution < -0.4 is 0 Å². The highest BCUT2D eigenvalue weighted by Gasteiger charge is 2.31. The van der Waals surface area contributed by atoms with Gasteiger partial charge in [-0.1, -0.05) is 6.92 Å². The summed E-state index contributed by atoms with van der Waals surface area (Å²) in [5.74, 6) is -0.221. The molecule has 0 aliphatic carbocycles. The Kier molecular flexibility index (Phi) is 4.37. The molecule has 0 aromatic rings. The van der Waals surface area contributed by atoms with Crippen molar-refractivity contribution in [1.29, 1.82) is 0 Å². The van der Waals surface area contributed by atoms with Crippen LogP contribution in [0.2, 0.25) is 0 Å². The smallest absolute Gasteiger partial charge is 0.410 e. The van der Waals surface area contributed by atoms with Gasteiger partial charge in [0.2, 0.25) is 0 Å². The zero-order valence-electron chi connectivity index (χ0n) is 11.0. The van der Waals surface area contributed by atoms with E-state index in [1.54, 1.807) is 11.8 Å². The third-order valence-electron chi connectivity index (χ3n) is 2.38. The van der Waals surface area contributed by atoms with Crippen LogP contribution in [-0.4, -0.2) is 41.8 Å². The van der Waals surface area contributed by atoms with Crippen molar-refractivity contribution in [1.82, 2.24) is 4.90 Å². The number of rotatable bonds is 2. The van der Waals surface area contributed by atoms with Gasteiger partial charge in [0, 0.05) is 19.4 Å². The van der Waals surface area contributed by atoms with E-state index in [4.69, 9.17) is 9.47 Å². The van der Waals surface area contributed by atoms with Crippen molar-refractivity contribution < 1.29 is 19.1 Å². The van der Waals surface area contributed by atoms with Crippen LogP contribution >= 0.6 is 0 Å². The van der Waals surface area contributed by atoms with Gasteiger partial charge < -0.3 is 14.4 Å². The molecule has 17 heavy (non-hydrogen) atoms. The van der Waals surface area contributed by atoms with Crippen LogP contribution in [0.4, 0.5) is 4.79 Å². The van der Waals surface area contributed by atoms with Crippen LogP contribution in [0, 0.1) is 0 Å². The van der Waals surface area contributed by atoms with E-state index in [1.165, 1.54) is 0 Å². The normalized spacial score (nSPS) is 20.2. The summed E-state index contributed by atoms with van der Waals surface area (Å²) < 4.78 is 10.4. The van der Waals surface area contributed by atoms with Crippen molar-refractivity contribution in [2.75, 3.05) is 13.1 Å². The summed E-state index contributed by atoms with van der Waals surface area (Å²) in [5.41, 5.74) is -0.491. The molecule has 5 nitrogen and oxygen atoms in total. The number of carbonyl (C=O) groups is 2. The lowest BCUT2D eigenvalue weighted by Gasteiger charge is -2.24. The van der Waals surface area contributed by atoms with Crippen LogP contribution in [0.5, 0.6) is 0 Å². The molecule has 1 fully saturated rings. The van der Waals surface area contributed by atoms with Crippen molar-refractivity contribution in [2.45, 2.75) is 52.2 Å². The number of amides is 1. The van der Waals surface area contributed by atoms with Crippen molar-refractivity contribution >= 4 is 12.1 Å². The summed E-state index contributed by atoms with van der Waals surface area (Å²) >= 11 is 0. The first-order valence-corrected chi connectivity index (χ1v) is 5.99. The third-order valence-corrected chi connectivity index (χ3v) is 2.38. The molecule has 0 aromatic heterocycles. The Morgan fingerprint density at radius 1 is 1.35 bits per heavy atom. The largest absolute Gasteiger partial charge is 0.460 e. The van der Waals surface area contributed by atoms with Crippen LogP contribution in [0.3, 0.4) is 0 Å². The number of esters is 1. The van der Waals surface area contributed by atoms with Gasteiger partial charge in [0.1, 0.15) is 11.7 Å². The molecule has 1 aliphatic rings. The summed E-state index contributed by atoms with van der Waals surface area (Å²) in [6.07, 6.45) is 0.524. The molecule has 98 valence electrons. The van der Waals surface area contributed by atoms with E-state index in [-0.39, 0.29) is 18.2 Å². The SMILES string of the molecule is CCC(=O)OC1CCN(C(=O)OC(C)(C)C)C1. The quantitative estimate of drug-likeness (QED) is 0.695. The Hall–Kier alpha value is -1.26. The van der Waals surface area contributed by atoms with Crippen molar-refractivity contribution in [3.05, 3.63) is 0 Å². The molecule has 1 amide bonds. The van der Waals surface area contributed by atoms with Gasteiger partial charge in [-0.3, -0.25) is 4.79 Å². The lowest BCUT2D eigenvalue weighted by Crippen LogP contribution is -2.36. The van der Waals surface area contributed by atoms with E-state index in [1.807, 2.05) is 20.8 Å². The van der Waals surface area contributed by atoms with Gasteiger partial charge in [0.05, 0.1) is 6.54 Å². The first kappa shape index (κ1) is 13.8. The molecule has 1 heterocycles. The maximum Gasteiger partial charge on any atom is 0.410 e. The average Bonchev–Trinajstić information content (AvgIpc) is 2.63. The van der Waals surface area contributed by atoms with E-state index < -0.39 is 5.60 Å². The summed E-state index contributed by atoms with van der Waals surface area (Å²) in [4.78, 5) is 24.4. The number of hydrogen-bond acceptors (Lipinski definition) is 4. The van der Waals surface area contributed by atoms with E-state index in [9.17, 15) is 9.59 Å². The minimum atomic E-state index is -0.491. The molecule has 0 radical (unpaired) electrons. The van der Waals surface area contributed by atoms with Crippen LogP contribution in [0.25, 0.3) is 0 Å². The molecule has 0 aromatic carbocycles. The zero-order chi connectivity index (χ0) is 13.1. The molecule has 1 rings (SSSR count). The highest BCUT2D eigenvalue weighted by atomic mass is 16.6. The van der Waals surface area contributed by atoms with E-state index in [0.717, 1.165) is 0 Å². The highest BCUT2D eigenvalue weighted by Crippen LogP contribution is 2.17. The Labute approximate surface area is 102 Å². The van der Waals surface area contributed by atoms with Gasteiger partial charge >= 0.3 is 12.1 Å². The fraction of sp³-hybridized carbons (Fsp3) is 0.833. The predicted octanol–water partition coefficient (Wildman–Crippen LogP) is 1.95. The van der Waals surface area contributed by atoms with Crippen LogP contribution in [-0.2, 0) is 14.3 Å². The second kappa shape index (κ2) is 5.38. The molecule has 0 saturated carbocycles. The van der Waals surface area contributed by atoms with Crippen LogP contribution in [0.1, 0.15) is 40.5 Å². The summed E-state index contributed by atoms with van der Waals surface area (Å²) in [6, 6.07) is 0. The monoisotopic (exact) mass is 243 g/mol. The van der Waals surface area contributed by atoms with Crippen molar-refractivity contribution in [3.63, 3.8) is 0 Å². The van der Waals surface area contributed by atoms with E-state index in [2.05, 4.69) is 0 Å². The molecule has 1 saturated heterocycles. The first-order chi connectivity index (χ1) is 7.81. The molecule has 0 N–H and O–H groups in total. The first-order valence-electron chi connectivity index (χ1n) is 5.99. The molecular weight excluding hydrogens is 222 g/mol. The second-order valence-corrected chi connectivity index (χ2v) is 5.18. The molecule has 0 bridgehead atoms. The molecule has 0 spiro atoms. The van der Waals surface area contributed by atoms with Gasteiger partial charge in [-0.2, -0.15) is 0 Å². The Morgan fingerprint density at radius 2 is 2.00 bits per heavy atom. The number of carbonyl (C=O) groups excluding carboxylic acids is 2. The fourth-order valence-corrected chi connectivity index (χ4v) is 1.59. The second-order valence-electron chi connectivity index (χ2n) is 5.18. The molecule has 5 heteroatoms. The van der Waals surface area contributed by atoms with Gasteiger partial charge in [-0.05, 0) is 20.8 Å². The van der Waals surface area contributed by atoms with Crippen LogP contribution in [0.15, 0.2) is 0 Å². The number of nitrogens with zero attached hydrogens (tertiary/aromatic N) is 1. The topological polar surface area (TPSA) is 55.8 Å². The Bertz CT molecular complexity index is 295. The number of hydrogen-bond donors (Lipinski definition) is 0. The minimum absolute atomic E-state index is 0.185. The third kappa shape index (κ3) is 4.63. The molecule has 1 unspecified atom stereocenters. The van der Waals surface area contributed by atoms with Crippen molar-refractivity contribution in [3.8, 4) is 0 Å². The number of likely N-dealkylation sites (tertiary alicyclic amines) is 1. The average molecular weight is 243 g/mol. The minimum Gasteiger partial charge on any atom is -0.460 e. The van der Waals surface area contributed by atoms with E-state index in [0.29, 0.717) is 25.9 Å². The van der Waals surface area contributed by atoms with Crippen molar-refractivity contribution in [2.24, 2.45) is 0 Å². The van der Waals surface area contributed by atoms with Gasteiger partial charge in [-0.15, -0.1) is 0 Å². The van der Waals surface area contributed by atoms with Gasteiger partial charge in [0.15, 0.2) is 0 Å². The predicted molar refractivity (Wildman–Crippen MR) is 62.6 cm³/mol. The Balaban J connectivity index is 2.39. The molecule has 1 atom stereocenters. The maximum atomic E-state index is 11.7.